The molecule has 1 atom stereocenters. The van der Waals surface area contributed by atoms with Gasteiger partial charge < -0.3 is 15.2 Å². The molecular weight excluding hydrogens is 289 g/mol. The van der Waals surface area contributed by atoms with Gasteiger partial charge in [0.15, 0.2) is 0 Å². The fourth-order valence-corrected chi connectivity index (χ4v) is 1.69. The van der Waals surface area contributed by atoms with Gasteiger partial charge in [-0.2, -0.15) is 0 Å². The number of carbonyl (C=O) groups excluding carboxylic acids is 1. The highest BCUT2D eigenvalue weighted by atomic mass is 35.5. The molecule has 0 saturated carbocycles. The van der Waals surface area contributed by atoms with Crippen LogP contribution in [0.3, 0.4) is 0 Å². The van der Waals surface area contributed by atoms with E-state index in [4.69, 9.17) is 33.0 Å². The number of carbonyl (C=O) groups is 1. The van der Waals surface area contributed by atoms with Gasteiger partial charge in [-0.05, 0) is 18.6 Å². The summed E-state index contributed by atoms with van der Waals surface area (Å²) in [6.07, 6.45) is 0.909. The van der Waals surface area contributed by atoms with E-state index < -0.39 is 0 Å². The minimum absolute atomic E-state index is 0.0596. The Hall–Kier alpha value is -0.970. The highest BCUT2D eigenvalue weighted by Crippen LogP contribution is 2.26. The monoisotopic (exact) mass is 305 g/mol. The van der Waals surface area contributed by atoms with Crippen molar-refractivity contribution < 1.29 is 14.6 Å². The molecule has 6 heteroatoms. The molecule has 1 rings (SSSR count). The number of hydrogen-bond donors (Lipinski definition) is 2. The van der Waals surface area contributed by atoms with E-state index in [2.05, 4.69) is 5.32 Å². The zero-order chi connectivity index (χ0) is 14.3. The third-order valence-electron chi connectivity index (χ3n) is 2.57. The highest BCUT2D eigenvalue weighted by molar-refractivity contribution is 6.42. The van der Waals surface area contributed by atoms with Crippen LogP contribution in [0, 0.1) is 0 Å². The van der Waals surface area contributed by atoms with Crippen molar-refractivity contribution in [3.63, 3.8) is 0 Å². The van der Waals surface area contributed by atoms with Gasteiger partial charge in [0.05, 0.1) is 35.7 Å². The van der Waals surface area contributed by atoms with Crippen LogP contribution in [0.25, 0.3) is 0 Å². The molecule has 4 nitrogen and oxygen atoms in total. The van der Waals surface area contributed by atoms with E-state index in [9.17, 15) is 4.79 Å². The fraction of sp³-hybridized carbons (Fsp3) is 0.462. The zero-order valence-corrected chi connectivity index (χ0v) is 12.2. The number of hydrogen-bond acceptors (Lipinski definition) is 3. The number of ether oxygens (including phenoxy) is 1. The van der Waals surface area contributed by atoms with E-state index in [-0.39, 0.29) is 31.6 Å². The minimum Gasteiger partial charge on any atom is -0.493 e. The Bertz CT molecular complexity index is 422. The highest BCUT2D eigenvalue weighted by Gasteiger charge is 2.09. The standard InChI is InChI=1S/C13H17Cl2NO3/c1-2-9(8-17)16-13(18)5-6-19-10-3-4-11(14)12(15)7-10/h3-4,7,9,17H,2,5-6,8H2,1H3,(H,16,18)/t9-/m1/s1. The van der Waals surface area contributed by atoms with Crippen molar-refractivity contribution in [1.82, 2.24) is 5.32 Å². The number of rotatable bonds is 7. The number of benzene rings is 1. The molecule has 106 valence electrons. The summed E-state index contributed by atoms with van der Waals surface area (Å²) in [7, 11) is 0. The summed E-state index contributed by atoms with van der Waals surface area (Å²) in [5, 5.41) is 12.5. The Labute approximate surface area is 122 Å². The molecule has 1 amide bonds. The van der Waals surface area contributed by atoms with E-state index in [1.54, 1.807) is 18.2 Å². The Kier molecular flexibility index (Phi) is 6.99. The third-order valence-corrected chi connectivity index (χ3v) is 3.31. The van der Waals surface area contributed by atoms with E-state index in [1.165, 1.54) is 0 Å². The fourth-order valence-electron chi connectivity index (χ4n) is 1.40. The molecule has 19 heavy (non-hydrogen) atoms. The Morgan fingerprint density at radius 1 is 1.42 bits per heavy atom. The largest absolute Gasteiger partial charge is 0.493 e. The van der Waals surface area contributed by atoms with Gasteiger partial charge in [0.2, 0.25) is 5.91 Å². The molecule has 0 aromatic heterocycles. The van der Waals surface area contributed by atoms with E-state index in [0.717, 1.165) is 0 Å². The molecule has 0 saturated heterocycles. The smallest absolute Gasteiger partial charge is 0.223 e. The summed E-state index contributed by atoms with van der Waals surface area (Å²) >= 11 is 11.6. The number of halogens is 2. The second-order valence-corrected chi connectivity index (χ2v) is 4.84. The molecule has 0 aliphatic carbocycles. The lowest BCUT2D eigenvalue weighted by atomic mass is 10.2. The maximum absolute atomic E-state index is 11.5. The summed E-state index contributed by atoms with van der Waals surface area (Å²) in [6.45, 7) is 2.08. The maximum Gasteiger partial charge on any atom is 0.223 e. The van der Waals surface area contributed by atoms with Crippen molar-refractivity contribution in [3.05, 3.63) is 28.2 Å². The summed E-state index contributed by atoms with van der Waals surface area (Å²) in [5.41, 5.74) is 0. The van der Waals surface area contributed by atoms with Crippen LogP contribution in [0.1, 0.15) is 19.8 Å². The second-order valence-electron chi connectivity index (χ2n) is 4.03. The summed E-state index contributed by atoms with van der Waals surface area (Å²) in [5.74, 6) is 0.414. The third kappa shape index (κ3) is 5.68. The molecule has 2 N–H and O–H groups in total. The minimum atomic E-state index is -0.197. The first-order chi connectivity index (χ1) is 9.06. The Morgan fingerprint density at radius 3 is 2.74 bits per heavy atom. The molecule has 0 bridgehead atoms. The lowest BCUT2D eigenvalue weighted by molar-refractivity contribution is -0.122. The predicted octanol–water partition coefficient (Wildman–Crippen LogP) is 2.65. The quantitative estimate of drug-likeness (QED) is 0.814. The van der Waals surface area contributed by atoms with Crippen molar-refractivity contribution in [2.45, 2.75) is 25.8 Å². The number of aliphatic hydroxyl groups is 1. The van der Waals surface area contributed by atoms with Crippen molar-refractivity contribution in [1.29, 1.82) is 0 Å². The van der Waals surface area contributed by atoms with Gasteiger partial charge in [-0.1, -0.05) is 30.1 Å². The zero-order valence-electron chi connectivity index (χ0n) is 10.7. The number of nitrogens with one attached hydrogen (secondary N) is 1. The van der Waals surface area contributed by atoms with Gasteiger partial charge >= 0.3 is 0 Å². The van der Waals surface area contributed by atoms with Crippen LogP contribution in [0.5, 0.6) is 5.75 Å². The molecule has 0 aliphatic heterocycles. The average Bonchev–Trinajstić information content (AvgIpc) is 2.40. The van der Waals surface area contributed by atoms with E-state index in [0.29, 0.717) is 22.2 Å². The summed E-state index contributed by atoms with van der Waals surface area (Å²) < 4.78 is 5.39. The average molecular weight is 306 g/mol. The lowest BCUT2D eigenvalue weighted by Gasteiger charge is -2.14. The van der Waals surface area contributed by atoms with Gasteiger partial charge in [0.25, 0.3) is 0 Å². The van der Waals surface area contributed by atoms with E-state index >= 15 is 0 Å². The first kappa shape index (κ1) is 16.1. The SMILES string of the molecule is CC[C@H](CO)NC(=O)CCOc1ccc(Cl)c(Cl)c1. The van der Waals surface area contributed by atoms with Crippen molar-refractivity contribution in [3.8, 4) is 5.75 Å². The summed E-state index contributed by atoms with van der Waals surface area (Å²) in [6, 6.07) is 4.73. The van der Waals surface area contributed by atoms with Crippen molar-refractivity contribution in [2.24, 2.45) is 0 Å². The first-order valence-electron chi connectivity index (χ1n) is 6.04. The topological polar surface area (TPSA) is 58.6 Å². The van der Waals surface area contributed by atoms with Crippen LogP contribution in [0.15, 0.2) is 18.2 Å². The molecule has 0 unspecified atom stereocenters. The molecule has 0 fully saturated rings. The van der Waals surface area contributed by atoms with Crippen LogP contribution < -0.4 is 10.1 Å². The van der Waals surface area contributed by atoms with E-state index in [1.807, 2.05) is 6.92 Å². The van der Waals surface area contributed by atoms with Crippen molar-refractivity contribution in [2.75, 3.05) is 13.2 Å². The van der Waals surface area contributed by atoms with Crippen LogP contribution in [0.4, 0.5) is 0 Å². The Balaban J connectivity index is 2.33. The molecule has 0 aliphatic rings. The lowest BCUT2D eigenvalue weighted by Crippen LogP contribution is -2.37. The molecule has 0 heterocycles. The normalized spacial score (nSPS) is 12.0. The molecule has 0 spiro atoms. The number of amides is 1. The van der Waals surface area contributed by atoms with Gasteiger partial charge in [-0.3, -0.25) is 4.79 Å². The molecule has 1 aromatic rings. The Morgan fingerprint density at radius 2 is 2.16 bits per heavy atom. The van der Waals surface area contributed by atoms with Gasteiger partial charge in [-0.15, -0.1) is 0 Å². The molecule has 1 aromatic carbocycles. The first-order valence-corrected chi connectivity index (χ1v) is 6.80. The van der Waals surface area contributed by atoms with Gasteiger partial charge in [0, 0.05) is 6.07 Å². The van der Waals surface area contributed by atoms with Gasteiger partial charge in [-0.25, -0.2) is 0 Å². The molecular formula is C13H17Cl2NO3. The maximum atomic E-state index is 11.5. The predicted molar refractivity (Wildman–Crippen MR) is 75.9 cm³/mol. The van der Waals surface area contributed by atoms with Crippen LogP contribution >= 0.6 is 23.2 Å². The van der Waals surface area contributed by atoms with Gasteiger partial charge in [0.1, 0.15) is 5.75 Å². The molecule has 0 radical (unpaired) electrons. The summed E-state index contributed by atoms with van der Waals surface area (Å²) in [4.78, 5) is 11.5. The second kappa shape index (κ2) is 8.25. The van der Waals surface area contributed by atoms with Crippen LogP contribution in [-0.4, -0.2) is 30.3 Å². The van der Waals surface area contributed by atoms with Crippen molar-refractivity contribution >= 4 is 29.1 Å². The van der Waals surface area contributed by atoms with Crippen LogP contribution in [-0.2, 0) is 4.79 Å². The van der Waals surface area contributed by atoms with Crippen LogP contribution in [0.2, 0.25) is 10.0 Å². The number of aliphatic hydroxyl groups excluding tert-OH is 1.